The molecule has 1 aliphatic rings. The number of aliphatic hydroxyl groups is 1. The molecule has 0 radical (unpaired) electrons. The zero-order chi connectivity index (χ0) is 25.5. The van der Waals surface area contributed by atoms with E-state index in [0.29, 0.717) is 42.9 Å². The number of methoxy groups -OCH3 is 1. The van der Waals surface area contributed by atoms with Crippen molar-refractivity contribution in [3.8, 4) is 23.1 Å². The number of carbonyl (C=O) groups excluding carboxylic acids is 1. The number of hydrogen-bond donors (Lipinski definition) is 1. The second kappa shape index (κ2) is 12.1. The highest BCUT2D eigenvalue weighted by Gasteiger charge is 2.33. The summed E-state index contributed by atoms with van der Waals surface area (Å²) < 4.78 is 19.0. The topological polar surface area (TPSA) is 86.1 Å². The van der Waals surface area contributed by atoms with Gasteiger partial charge in [0, 0.05) is 25.6 Å². The number of esters is 1. The van der Waals surface area contributed by atoms with Gasteiger partial charge in [0.25, 0.3) is 0 Å². The van der Waals surface area contributed by atoms with Crippen LogP contribution in [-0.2, 0) is 16.1 Å². The van der Waals surface area contributed by atoms with Gasteiger partial charge in [-0.05, 0) is 50.5 Å². The predicted molar refractivity (Wildman–Crippen MR) is 137 cm³/mol. The van der Waals surface area contributed by atoms with Gasteiger partial charge in [-0.2, -0.15) is 5.10 Å². The lowest BCUT2D eigenvalue weighted by atomic mass is 10.2. The molecule has 1 aromatic heterocycles. The summed E-state index contributed by atoms with van der Waals surface area (Å²) in [4.78, 5) is 14.0. The Kier molecular flexibility index (Phi) is 8.61. The number of aryl methyl sites for hydroxylation is 1. The highest BCUT2D eigenvalue weighted by Crippen LogP contribution is 2.37. The first-order valence-electron chi connectivity index (χ1n) is 12.5. The first-order valence-corrected chi connectivity index (χ1v) is 12.5. The second-order valence-electron chi connectivity index (χ2n) is 9.12. The number of ether oxygens (including phenoxy) is 3. The fourth-order valence-corrected chi connectivity index (χ4v) is 4.15. The number of benzene rings is 2. The van der Waals surface area contributed by atoms with Crippen molar-refractivity contribution in [1.82, 2.24) is 14.7 Å². The molecule has 1 unspecified atom stereocenters. The van der Waals surface area contributed by atoms with Crippen LogP contribution in [0.15, 0.2) is 54.6 Å². The molecule has 1 fully saturated rings. The van der Waals surface area contributed by atoms with Crippen LogP contribution >= 0.6 is 0 Å². The summed E-state index contributed by atoms with van der Waals surface area (Å²) in [6, 6.07) is 17.8. The van der Waals surface area contributed by atoms with E-state index in [1.165, 1.54) is 0 Å². The van der Waals surface area contributed by atoms with Crippen LogP contribution < -0.4 is 9.47 Å². The summed E-state index contributed by atoms with van der Waals surface area (Å²) in [5.41, 5.74) is 2.67. The molecule has 1 atom stereocenters. The van der Waals surface area contributed by atoms with Gasteiger partial charge >= 0.3 is 5.97 Å². The van der Waals surface area contributed by atoms with Crippen LogP contribution in [0.4, 0.5) is 0 Å². The average molecular weight is 494 g/mol. The van der Waals surface area contributed by atoms with E-state index in [-0.39, 0.29) is 12.6 Å². The largest absolute Gasteiger partial charge is 0.493 e. The first kappa shape index (κ1) is 25.7. The van der Waals surface area contributed by atoms with Gasteiger partial charge < -0.3 is 19.3 Å². The van der Waals surface area contributed by atoms with E-state index in [4.69, 9.17) is 19.3 Å². The van der Waals surface area contributed by atoms with Crippen LogP contribution in [0, 0.1) is 6.92 Å². The molecule has 0 aliphatic heterocycles. The Morgan fingerprint density at radius 2 is 1.83 bits per heavy atom. The molecule has 0 saturated heterocycles. The molecule has 0 spiro atoms. The van der Waals surface area contributed by atoms with E-state index in [1.807, 2.05) is 73.1 Å². The molecule has 1 N–H and O–H groups in total. The number of carbonyl (C=O) groups is 1. The number of aromatic nitrogens is 2. The number of nitrogens with zero attached hydrogens (tertiary/aromatic N) is 3. The fraction of sp³-hybridized carbons (Fsp3) is 0.429. The number of aliphatic hydroxyl groups excluding tert-OH is 1. The Morgan fingerprint density at radius 3 is 2.50 bits per heavy atom. The van der Waals surface area contributed by atoms with Crippen LogP contribution in [-0.4, -0.2) is 58.2 Å². The molecule has 0 amide bonds. The van der Waals surface area contributed by atoms with Crippen molar-refractivity contribution in [2.45, 2.75) is 58.2 Å². The van der Waals surface area contributed by atoms with E-state index in [9.17, 15) is 9.90 Å². The van der Waals surface area contributed by atoms with Gasteiger partial charge in [-0.25, -0.2) is 4.68 Å². The van der Waals surface area contributed by atoms with Gasteiger partial charge in [0.05, 0.1) is 24.1 Å². The van der Waals surface area contributed by atoms with Crippen molar-refractivity contribution in [3.63, 3.8) is 0 Å². The lowest BCUT2D eigenvalue weighted by Crippen LogP contribution is -2.36. The summed E-state index contributed by atoms with van der Waals surface area (Å²) >= 11 is 0. The molecular weight excluding hydrogens is 458 g/mol. The molecule has 1 aliphatic carbocycles. The normalized spacial score (nSPS) is 14.0. The monoisotopic (exact) mass is 493 g/mol. The average Bonchev–Trinajstić information content (AvgIpc) is 3.69. The maximum Gasteiger partial charge on any atom is 0.305 e. The maximum atomic E-state index is 11.7. The molecule has 4 rings (SSSR count). The third-order valence-corrected chi connectivity index (χ3v) is 6.17. The molecule has 2 aromatic carbocycles. The van der Waals surface area contributed by atoms with Crippen LogP contribution in [0.2, 0.25) is 0 Å². The minimum absolute atomic E-state index is 0.00508. The number of hydrogen-bond acceptors (Lipinski definition) is 7. The highest BCUT2D eigenvalue weighted by molar-refractivity contribution is 5.69. The van der Waals surface area contributed by atoms with E-state index < -0.39 is 6.10 Å². The van der Waals surface area contributed by atoms with Gasteiger partial charge in [-0.1, -0.05) is 37.3 Å². The number of rotatable bonds is 13. The minimum Gasteiger partial charge on any atom is -0.493 e. The minimum atomic E-state index is -0.769. The van der Waals surface area contributed by atoms with Crippen molar-refractivity contribution in [1.29, 1.82) is 0 Å². The molecule has 36 heavy (non-hydrogen) atoms. The van der Waals surface area contributed by atoms with Gasteiger partial charge in [0.15, 0.2) is 11.5 Å². The molecule has 8 nitrogen and oxygen atoms in total. The van der Waals surface area contributed by atoms with E-state index >= 15 is 0 Å². The highest BCUT2D eigenvalue weighted by atomic mass is 16.5. The Labute approximate surface area is 212 Å². The Hall–Kier alpha value is -3.36. The van der Waals surface area contributed by atoms with Crippen molar-refractivity contribution in [2.75, 3.05) is 20.3 Å². The molecule has 0 bridgehead atoms. The predicted octanol–water partition coefficient (Wildman–Crippen LogP) is 4.65. The molecule has 1 saturated carbocycles. The molecule has 3 aromatic rings. The van der Waals surface area contributed by atoms with Crippen LogP contribution in [0.3, 0.4) is 0 Å². The SMILES string of the molecule is CCCC(=O)OCC(O)CN(Cc1c(C)nn(-c2ccccc2)c1Oc1ccccc1OC)C1CC1. The molecule has 8 heteroatoms. The summed E-state index contributed by atoms with van der Waals surface area (Å²) in [5.74, 6) is 1.56. The Balaban J connectivity index is 1.61. The Bertz CT molecular complexity index is 1140. The van der Waals surface area contributed by atoms with Crippen molar-refractivity contribution < 1.29 is 24.1 Å². The third kappa shape index (κ3) is 6.44. The quantitative estimate of drug-likeness (QED) is 0.347. The molecule has 1 heterocycles. The summed E-state index contributed by atoms with van der Waals surface area (Å²) in [5, 5.41) is 15.4. The lowest BCUT2D eigenvalue weighted by Gasteiger charge is -2.25. The molecule has 192 valence electrons. The van der Waals surface area contributed by atoms with Crippen LogP contribution in [0.1, 0.15) is 43.9 Å². The maximum absolute atomic E-state index is 11.7. The standard InChI is InChI=1S/C28H35N3O5/c1-4-10-27(33)35-19-23(32)17-30(21-15-16-21)18-24-20(2)29-31(22-11-6-5-7-12-22)28(24)36-26-14-9-8-13-25(26)34-3/h5-9,11-14,21,23,32H,4,10,15-19H2,1-3H3. The van der Waals surface area contributed by atoms with Gasteiger partial charge in [0.2, 0.25) is 5.88 Å². The van der Waals surface area contributed by atoms with Gasteiger partial charge in [-0.15, -0.1) is 0 Å². The van der Waals surface area contributed by atoms with Gasteiger partial charge in [-0.3, -0.25) is 9.69 Å². The van der Waals surface area contributed by atoms with Crippen molar-refractivity contribution in [2.24, 2.45) is 0 Å². The summed E-state index contributed by atoms with van der Waals surface area (Å²) in [7, 11) is 1.62. The zero-order valence-corrected chi connectivity index (χ0v) is 21.2. The van der Waals surface area contributed by atoms with Crippen molar-refractivity contribution >= 4 is 5.97 Å². The van der Waals surface area contributed by atoms with Crippen LogP contribution in [0.25, 0.3) is 5.69 Å². The lowest BCUT2D eigenvalue weighted by molar-refractivity contribution is -0.147. The zero-order valence-electron chi connectivity index (χ0n) is 21.2. The molecular formula is C28H35N3O5. The van der Waals surface area contributed by atoms with Crippen LogP contribution in [0.5, 0.6) is 17.4 Å². The van der Waals surface area contributed by atoms with E-state index in [2.05, 4.69) is 4.90 Å². The third-order valence-electron chi connectivity index (χ3n) is 6.17. The van der Waals surface area contributed by atoms with E-state index in [1.54, 1.807) is 7.11 Å². The Morgan fingerprint density at radius 1 is 1.14 bits per heavy atom. The summed E-state index contributed by atoms with van der Waals surface area (Å²) in [6.07, 6.45) is 2.45. The summed E-state index contributed by atoms with van der Waals surface area (Å²) in [6.45, 7) is 4.84. The fourth-order valence-electron chi connectivity index (χ4n) is 4.15. The van der Waals surface area contributed by atoms with Gasteiger partial charge in [0.1, 0.15) is 12.7 Å². The first-order chi connectivity index (χ1) is 17.5. The smallest absolute Gasteiger partial charge is 0.305 e. The number of para-hydroxylation sites is 3. The van der Waals surface area contributed by atoms with Crippen molar-refractivity contribution in [3.05, 3.63) is 65.9 Å². The van der Waals surface area contributed by atoms with E-state index in [0.717, 1.165) is 36.2 Å². The second-order valence-corrected chi connectivity index (χ2v) is 9.12.